The Hall–Kier alpha value is -3.06. The van der Waals surface area contributed by atoms with Crippen molar-refractivity contribution in [3.05, 3.63) is 65.7 Å². The quantitative estimate of drug-likeness (QED) is 0.574. The van der Waals surface area contributed by atoms with E-state index in [1.165, 1.54) is 6.07 Å². The van der Waals surface area contributed by atoms with Gasteiger partial charge in [-0.15, -0.1) is 0 Å². The Balaban J connectivity index is 1.38. The fourth-order valence-corrected chi connectivity index (χ4v) is 3.96. The molecule has 2 heterocycles. The van der Waals surface area contributed by atoms with Gasteiger partial charge in [0.15, 0.2) is 0 Å². The number of nitrogens with zero attached hydrogens (tertiary/aromatic N) is 3. The molecule has 4 rings (SSSR count). The van der Waals surface area contributed by atoms with E-state index in [-0.39, 0.29) is 18.2 Å². The first-order valence-corrected chi connectivity index (χ1v) is 10.8. The molecular formula is C24H27FN4O2. The van der Waals surface area contributed by atoms with Gasteiger partial charge < -0.3 is 10.1 Å². The van der Waals surface area contributed by atoms with Crippen molar-refractivity contribution < 1.29 is 13.9 Å². The highest BCUT2D eigenvalue weighted by Gasteiger charge is 2.21. The van der Waals surface area contributed by atoms with Crippen LogP contribution < -0.4 is 5.32 Å². The van der Waals surface area contributed by atoms with E-state index in [0.29, 0.717) is 23.8 Å². The molecule has 2 aromatic carbocycles. The zero-order chi connectivity index (χ0) is 21.6. The third-order valence-corrected chi connectivity index (χ3v) is 5.68. The van der Waals surface area contributed by atoms with Crippen molar-refractivity contribution in [2.45, 2.75) is 26.3 Å². The fourth-order valence-electron chi connectivity index (χ4n) is 3.96. The molecule has 1 aliphatic heterocycles. The van der Waals surface area contributed by atoms with Gasteiger partial charge in [-0.25, -0.2) is 19.2 Å². The number of benzene rings is 2. The van der Waals surface area contributed by atoms with Gasteiger partial charge in [0.25, 0.3) is 0 Å². The van der Waals surface area contributed by atoms with Crippen molar-refractivity contribution in [3.8, 4) is 0 Å². The highest BCUT2D eigenvalue weighted by atomic mass is 19.1. The molecule has 162 valence electrons. The number of carbonyl (C=O) groups is 1. The zero-order valence-corrected chi connectivity index (χ0v) is 17.7. The number of esters is 1. The number of nitrogens with one attached hydrogen (secondary N) is 1. The van der Waals surface area contributed by atoms with Crippen LogP contribution in [0.25, 0.3) is 10.9 Å². The Morgan fingerprint density at radius 2 is 1.87 bits per heavy atom. The van der Waals surface area contributed by atoms with Crippen molar-refractivity contribution >= 4 is 22.7 Å². The molecule has 1 N–H and O–H groups in total. The maximum atomic E-state index is 13.9. The number of likely N-dealkylation sites (tertiary alicyclic amines) is 1. The summed E-state index contributed by atoms with van der Waals surface area (Å²) in [4.78, 5) is 23.2. The van der Waals surface area contributed by atoms with Gasteiger partial charge in [-0.1, -0.05) is 30.3 Å². The predicted molar refractivity (Wildman–Crippen MR) is 118 cm³/mol. The first-order valence-electron chi connectivity index (χ1n) is 10.8. The lowest BCUT2D eigenvalue weighted by Gasteiger charge is -2.32. The summed E-state index contributed by atoms with van der Waals surface area (Å²) in [5.74, 6) is 0.555. The lowest BCUT2D eigenvalue weighted by Crippen LogP contribution is -2.35. The van der Waals surface area contributed by atoms with Crippen molar-refractivity contribution in [1.29, 1.82) is 0 Å². The number of piperidine rings is 1. The van der Waals surface area contributed by atoms with Crippen LogP contribution in [0.5, 0.6) is 0 Å². The fraction of sp³-hybridized carbons (Fsp3) is 0.375. The highest BCUT2D eigenvalue weighted by molar-refractivity contribution is 5.94. The van der Waals surface area contributed by atoms with E-state index >= 15 is 0 Å². The van der Waals surface area contributed by atoms with Gasteiger partial charge in [0, 0.05) is 24.0 Å². The van der Waals surface area contributed by atoms with E-state index in [4.69, 9.17) is 4.74 Å². The number of rotatable bonds is 7. The second kappa shape index (κ2) is 9.83. The van der Waals surface area contributed by atoms with Crippen molar-refractivity contribution in [2.75, 3.05) is 31.6 Å². The molecule has 0 radical (unpaired) electrons. The normalized spacial score (nSPS) is 15.2. The number of anilines is 1. The largest absolute Gasteiger partial charge is 0.460 e. The van der Waals surface area contributed by atoms with Crippen molar-refractivity contribution in [1.82, 2.24) is 14.9 Å². The van der Waals surface area contributed by atoms with Crippen LogP contribution >= 0.6 is 0 Å². The molecule has 0 unspecified atom stereocenters. The molecule has 1 saturated heterocycles. The maximum Gasteiger partial charge on any atom is 0.376 e. The van der Waals surface area contributed by atoms with E-state index in [2.05, 4.69) is 20.2 Å². The summed E-state index contributed by atoms with van der Waals surface area (Å²) in [7, 11) is 0. The zero-order valence-electron chi connectivity index (χ0n) is 17.7. The number of hydrogen-bond donors (Lipinski definition) is 1. The number of aromatic nitrogens is 2. The summed E-state index contributed by atoms with van der Waals surface area (Å²) in [5.41, 5.74) is 1.46. The Morgan fingerprint density at radius 3 is 2.65 bits per heavy atom. The Labute approximate surface area is 181 Å². The standard InChI is InChI=1S/C24H27FN4O2/c1-2-31-24(30)23-27-21-10-6-4-8-19(21)22(28-23)26-15-17-11-13-29(14-12-17)16-18-7-3-5-9-20(18)25/h3-10,17H,2,11-16H2,1H3,(H,26,27,28). The summed E-state index contributed by atoms with van der Waals surface area (Å²) in [6.45, 7) is 5.31. The second-order valence-electron chi connectivity index (χ2n) is 7.83. The van der Waals surface area contributed by atoms with E-state index in [9.17, 15) is 9.18 Å². The minimum absolute atomic E-state index is 0.0720. The van der Waals surface area contributed by atoms with Crippen LogP contribution in [0.3, 0.4) is 0 Å². The van der Waals surface area contributed by atoms with Crippen molar-refractivity contribution in [3.63, 3.8) is 0 Å². The monoisotopic (exact) mass is 422 g/mol. The Kier molecular flexibility index (Phi) is 6.72. The van der Waals surface area contributed by atoms with Gasteiger partial charge in [-0.05, 0) is 57.0 Å². The lowest BCUT2D eigenvalue weighted by atomic mass is 9.96. The summed E-state index contributed by atoms with van der Waals surface area (Å²) in [5, 5.41) is 4.31. The second-order valence-corrected chi connectivity index (χ2v) is 7.83. The molecule has 6 nitrogen and oxygen atoms in total. The van der Waals surface area contributed by atoms with Crippen molar-refractivity contribution in [2.24, 2.45) is 5.92 Å². The van der Waals surface area contributed by atoms with Gasteiger partial charge >= 0.3 is 5.97 Å². The number of halogens is 1. The minimum atomic E-state index is -0.516. The highest BCUT2D eigenvalue weighted by Crippen LogP contribution is 2.24. The molecule has 0 atom stereocenters. The molecule has 31 heavy (non-hydrogen) atoms. The molecular weight excluding hydrogens is 395 g/mol. The summed E-state index contributed by atoms with van der Waals surface area (Å²) < 4.78 is 19.0. The minimum Gasteiger partial charge on any atom is -0.460 e. The average molecular weight is 423 g/mol. The van der Waals surface area contributed by atoms with E-state index in [1.54, 1.807) is 13.0 Å². The number of carbonyl (C=O) groups excluding carboxylic acids is 1. The first kappa shape index (κ1) is 21.2. The van der Waals surface area contributed by atoms with Crippen LogP contribution in [0.15, 0.2) is 48.5 Å². The number of hydrogen-bond acceptors (Lipinski definition) is 6. The third-order valence-electron chi connectivity index (χ3n) is 5.68. The molecule has 0 bridgehead atoms. The van der Waals surface area contributed by atoms with Crippen LogP contribution in [0.4, 0.5) is 10.2 Å². The molecule has 3 aromatic rings. The average Bonchev–Trinajstić information content (AvgIpc) is 2.80. The van der Waals surface area contributed by atoms with Crippen LogP contribution in [0.1, 0.15) is 35.9 Å². The third kappa shape index (κ3) is 5.17. The van der Waals surface area contributed by atoms with E-state index in [0.717, 1.165) is 43.4 Å². The van der Waals surface area contributed by atoms with E-state index in [1.807, 2.05) is 36.4 Å². The van der Waals surface area contributed by atoms with Gasteiger partial charge in [0.2, 0.25) is 5.82 Å². The van der Waals surface area contributed by atoms with E-state index < -0.39 is 5.97 Å². The maximum absolute atomic E-state index is 13.9. The lowest BCUT2D eigenvalue weighted by molar-refractivity contribution is 0.0512. The molecule has 0 spiro atoms. The SMILES string of the molecule is CCOC(=O)c1nc(NCC2CCN(Cc3ccccc3F)CC2)c2ccccc2n1. The molecule has 1 aliphatic rings. The molecule has 1 aromatic heterocycles. The van der Waals surface area contributed by atoms with Gasteiger partial charge in [0.1, 0.15) is 11.6 Å². The molecule has 0 saturated carbocycles. The summed E-state index contributed by atoms with van der Waals surface area (Å²) >= 11 is 0. The predicted octanol–water partition coefficient (Wildman–Crippen LogP) is 4.27. The Bertz CT molecular complexity index is 1050. The summed E-state index contributed by atoms with van der Waals surface area (Å²) in [6.07, 6.45) is 2.05. The van der Waals surface area contributed by atoms with Gasteiger partial charge in [0.05, 0.1) is 12.1 Å². The number of ether oxygens (including phenoxy) is 1. The molecule has 1 fully saturated rings. The van der Waals surface area contributed by atoms with Crippen LogP contribution in [0.2, 0.25) is 0 Å². The molecule has 0 aliphatic carbocycles. The van der Waals surface area contributed by atoms with Crippen LogP contribution in [-0.4, -0.2) is 47.1 Å². The number of fused-ring (bicyclic) bond motifs is 1. The topological polar surface area (TPSA) is 67.3 Å². The number of para-hydroxylation sites is 1. The van der Waals surface area contributed by atoms with Gasteiger partial charge in [-0.2, -0.15) is 0 Å². The molecule has 0 amide bonds. The Morgan fingerprint density at radius 1 is 1.13 bits per heavy atom. The van der Waals surface area contributed by atoms with Crippen LogP contribution in [0, 0.1) is 11.7 Å². The van der Waals surface area contributed by atoms with Crippen LogP contribution in [-0.2, 0) is 11.3 Å². The first-order chi connectivity index (χ1) is 15.1. The molecule has 7 heteroatoms. The smallest absolute Gasteiger partial charge is 0.376 e. The van der Waals surface area contributed by atoms with Gasteiger partial charge in [-0.3, -0.25) is 4.90 Å². The summed E-state index contributed by atoms with van der Waals surface area (Å²) in [6, 6.07) is 14.6.